The van der Waals surface area contributed by atoms with Gasteiger partial charge in [0.05, 0.1) is 6.10 Å². The minimum atomic E-state index is -0.476. The first kappa shape index (κ1) is 16.0. The van der Waals surface area contributed by atoms with E-state index in [0.29, 0.717) is 6.54 Å². The van der Waals surface area contributed by atoms with Gasteiger partial charge in [-0.25, -0.2) is 0 Å². The molecule has 20 heavy (non-hydrogen) atoms. The summed E-state index contributed by atoms with van der Waals surface area (Å²) in [6.07, 6.45) is 3.92. The molecule has 3 N–H and O–H groups in total. The summed E-state index contributed by atoms with van der Waals surface area (Å²) >= 11 is 3.55. The molecule has 1 aliphatic carbocycles. The number of halogens is 1. The monoisotopic (exact) mass is 339 g/mol. The average molecular weight is 340 g/mol. The number of rotatable bonds is 4. The highest BCUT2D eigenvalue weighted by Crippen LogP contribution is 2.49. The molecule has 0 aromatic heterocycles. The van der Waals surface area contributed by atoms with Crippen LogP contribution in [0.5, 0.6) is 0 Å². The Balaban J connectivity index is 2.18. The van der Waals surface area contributed by atoms with Gasteiger partial charge in [-0.1, -0.05) is 48.0 Å². The highest BCUT2D eigenvalue weighted by Gasteiger charge is 2.41. The van der Waals surface area contributed by atoms with Gasteiger partial charge in [0, 0.05) is 16.4 Å². The number of aliphatic hydroxyl groups excluding tert-OH is 1. The summed E-state index contributed by atoms with van der Waals surface area (Å²) in [6.45, 7) is 5.15. The zero-order valence-electron chi connectivity index (χ0n) is 12.5. The van der Waals surface area contributed by atoms with Gasteiger partial charge in [0.1, 0.15) is 0 Å². The summed E-state index contributed by atoms with van der Waals surface area (Å²) < 4.78 is 0.978. The first-order chi connectivity index (χ1) is 9.50. The first-order valence-electron chi connectivity index (χ1n) is 7.63. The molecule has 3 heteroatoms. The van der Waals surface area contributed by atoms with Gasteiger partial charge >= 0.3 is 0 Å². The summed E-state index contributed by atoms with van der Waals surface area (Å²) in [6, 6.07) is 7.95. The zero-order valence-corrected chi connectivity index (χ0v) is 14.1. The molecule has 0 spiro atoms. The maximum absolute atomic E-state index is 10.9. The normalized spacial score (nSPS) is 28.6. The van der Waals surface area contributed by atoms with Crippen molar-refractivity contribution in [2.24, 2.45) is 23.0 Å². The van der Waals surface area contributed by atoms with Crippen LogP contribution in [0.3, 0.4) is 0 Å². The Bertz CT molecular complexity index is 438. The van der Waals surface area contributed by atoms with Gasteiger partial charge in [-0.15, -0.1) is 0 Å². The van der Waals surface area contributed by atoms with E-state index in [-0.39, 0.29) is 5.41 Å². The number of hydrogen-bond donors (Lipinski definition) is 2. The molecule has 0 amide bonds. The molecule has 1 fully saturated rings. The quantitative estimate of drug-likeness (QED) is 0.860. The molecule has 0 bridgehead atoms. The Labute approximate surface area is 130 Å². The van der Waals surface area contributed by atoms with Gasteiger partial charge in [0.25, 0.3) is 0 Å². The van der Waals surface area contributed by atoms with Crippen LogP contribution >= 0.6 is 15.9 Å². The lowest BCUT2D eigenvalue weighted by atomic mass is 9.64. The standard InChI is InChI=1S/C17H26BrNO/c1-12(2)13-7-9-17(11-19,10-8-13)16(20)14-5-3-4-6-15(14)18/h3-6,12-13,16,20H,7-11,19H2,1-2H3. The molecule has 1 unspecified atom stereocenters. The summed E-state index contributed by atoms with van der Waals surface area (Å²) in [7, 11) is 0. The second kappa shape index (κ2) is 6.59. The Morgan fingerprint density at radius 3 is 2.40 bits per heavy atom. The van der Waals surface area contributed by atoms with E-state index in [4.69, 9.17) is 5.73 Å². The Kier molecular flexibility index (Phi) is 5.27. The molecule has 0 radical (unpaired) electrons. The van der Waals surface area contributed by atoms with Crippen LogP contribution < -0.4 is 5.73 Å². The second-order valence-corrected chi connectivity index (χ2v) is 7.43. The van der Waals surface area contributed by atoms with Crippen molar-refractivity contribution in [2.45, 2.75) is 45.6 Å². The van der Waals surface area contributed by atoms with Crippen molar-refractivity contribution >= 4 is 15.9 Å². The summed E-state index contributed by atoms with van der Waals surface area (Å²) in [5.74, 6) is 1.51. The molecule has 1 aromatic carbocycles. The summed E-state index contributed by atoms with van der Waals surface area (Å²) in [5, 5.41) is 10.9. The minimum absolute atomic E-state index is 0.157. The molecule has 0 saturated heterocycles. The third kappa shape index (κ3) is 3.10. The van der Waals surface area contributed by atoms with Gasteiger partial charge in [0.2, 0.25) is 0 Å². The topological polar surface area (TPSA) is 46.2 Å². The van der Waals surface area contributed by atoms with E-state index in [0.717, 1.165) is 34.7 Å². The fourth-order valence-electron chi connectivity index (χ4n) is 3.50. The molecule has 1 aliphatic rings. The molecule has 0 heterocycles. The Morgan fingerprint density at radius 1 is 1.30 bits per heavy atom. The third-order valence-corrected chi connectivity index (χ3v) is 5.88. The zero-order chi connectivity index (χ0) is 14.8. The van der Waals surface area contributed by atoms with E-state index in [1.54, 1.807) is 0 Å². The summed E-state index contributed by atoms with van der Waals surface area (Å²) in [5.41, 5.74) is 6.89. The van der Waals surface area contributed by atoms with E-state index in [9.17, 15) is 5.11 Å². The van der Waals surface area contributed by atoms with E-state index in [2.05, 4.69) is 29.8 Å². The van der Waals surface area contributed by atoms with Crippen molar-refractivity contribution in [1.29, 1.82) is 0 Å². The van der Waals surface area contributed by atoms with Crippen molar-refractivity contribution in [3.05, 3.63) is 34.3 Å². The predicted molar refractivity (Wildman–Crippen MR) is 87.4 cm³/mol. The van der Waals surface area contributed by atoms with Gasteiger partial charge in [-0.2, -0.15) is 0 Å². The van der Waals surface area contributed by atoms with Crippen LogP contribution in [0, 0.1) is 17.3 Å². The largest absolute Gasteiger partial charge is 0.388 e. The molecule has 1 saturated carbocycles. The van der Waals surface area contributed by atoms with Crippen LogP contribution in [-0.2, 0) is 0 Å². The molecule has 1 aromatic rings. The highest BCUT2D eigenvalue weighted by molar-refractivity contribution is 9.10. The maximum Gasteiger partial charge on any atom is 0.0869 e. The van der Waals surface area contributed by atoms with Gasteiger partial charge in [0.15, 0.2) is 0 Å². The molecular weight excluding hydrogens is 314 g/mol. The SMILES string of the molecule is CC(C)C1CCC(CN)(C(O)c2ccccc2Br)CC1. The molecule has 2 nitrogen and oxygen atoms in total. The fourth-order valence-corrected chi connectivity index (χ4v) is 4.00. The van der Waals surface area contributed by atoms with Crippen LogP contribution in [0.15, 0.2) is 28.7 Å². The van der Waals surface area contributed by atoms with E-state index >= 15 is 0 Å². The predicted octanol–water partition coefficient (Wildman–Crippen LogP) is 4.27. The van der Waals surface area contributed by atoms with E-state index in [1.807, 2.05) is 24.3 Å². The van der Waals surface area contributed by atoms with Crippen LogP contribution in [0.25, 0.3) is 0 Å². The number of hydrogen-bond acceptors (Lipinski definition) is 2. The number of aliphatic hydroxyl groups is 1. The van der Waals surface area contributed by atoms with Crippen LogP contribution in [0.2, 0.25) is 0 Å². The van der Waals surface area contributed by atoms with E-state index < -0.39 is 6.10 Å². The summed E-state index contributed by atoms with van der Waals surface area (Å²) in [4.78, 5) is 0. The average Bonchev–Trinajstić information content (AvgIpc) is 2.47. The van der Waals surface area contributed by atoms with Crippen LogP contribution in [0.4, 0.5) is 0 Å². The lowest BCUT2D eigenvalue weighted by molar-refractivity contribution is -0.0152. The van der Waals surface area contributed by atoms with Gasteiger partial charge in [-0.3, -0.25) is 0 Å². The second-order valence-electron chi connectivity index (χ2n) is 6.57. The molecule has 0 aliphatic heterocycles. The number of benzene rings is 1. The number of nitrogens with two attached hydrogens (primary N) is 1. The molecule has 1 atom stereocenters. The van der Waals surface area contributed by atoms with Crippen LogP contribution in [-0.4, -0.2) is 11.7 Å². The van der Waals surface area contributed by atoms with Crippen molar-refractivity contribution in [3.8, 4) is 0 Å². The lowest BCUT2D eigenvalue weighted by Gasteiger charge is -2.44. The Morgan fingerprint density at radius 2 is 1.90 bits per heavy atom. The minimum Gasteiger partial charge on any atom is -0.388 e. The molecule has 112 valence electrons. The molecular formula is C17H26BrNO. The van der Waals surface area contributed by atoms with Crippen molar-refractivity contribution in [2.75, 3.05) is 6.54 Å². The van der Waals surface area contributed by atoms with Crippen molar-refractivity contribution in [1.82, 2.24) is 0 Å². The van der Waals surface area contributed by atoms with Gasteiger partial charge < -0.3 is 10.8 Å². The maximum atomic E-state index is 10.9. The molecule has 2 rings (SSSR count). The van der Waals surface area contributed by atoms with Crippen molar-refractivity contribution < 1.29 is 5.11 Å². The lowest BCUT2D eigenvalue weighted by Crippen LogP contribution is -2.41. The first-order valence-corrected chi connectivity index (χ1v) is 8.42. The van der Waals surface area contributed by atoms with E-state index in [1.165, 1.54) is 12.8 Å². The Hall–Kier alpha value is -0.380. The highest BCUT2D eigenvalue weighted by atomic mass is 79.9. The van der Waals surface area contributed by atoms with Crippen LogP contribution in [0.1, 0.15) is 51.2 Å². The van der Waals surface area contributed by atoms with Gasteiger partial charge in [-0.05, 0) is 49.1 Å². The smallest absolute Gasteiger partial charge is 0.0869 e. The van der Waals surface area contributed by atoms with Crippen molar-refractivity contribution in [3.63, 3.8) is 0 Å². The third-order valence-electron chi connectivity index (χ3n) is 5.16. The fraction of sp³-hybridized carbons (Fsp3) is 0.647.